The second-order valence-corrected chi connectivity index (χ2v) is 6.29. The molecule has 0 fully saturated rings. The summed E-state index contributed by atoms with van der Waals surface area (Å²) >= 11 is 1.10. The fraction of sp³-hybridized carbons (Fsp3) is 0.357. The van der Waals surface area contributed by atoms with Crippen molar-refractivity contribution in [1.29, 1.82) is 0 Å². The first-order chi connectivity index (χ1) is 11.9. The molecule has 2 rings (SSSR count). The Morgan fingerprint density at radius 3 is 2.76 bits per heavy atom. The number of rotatable bonds is 7. The molecule has 0 aliphatic carbocycles. The molecule has 2 heterocycles. The highest BCUT2D eigenvalue weighted by Crippen LogP contribution is 2.27. The summed E-state index contributed by atoms with van der Waals surface area (Å²) in [6.07, 6.45) is 1.58. The van der Waals surface area contributed by atoms with Crippen LogP contribution in [-0.2, 0) is 16.1 Å². The summed E-state index contributed by atoms with van der Waals surface area (Å²) in [5.41, 5.74) is 5.22. The smallest absolute Gasteiger partial charge is 0.321 e. The van der Waals surface area contributed by atoms with Crippen molar-refractivity contribution in [2.24, 2.45) is 5.73 Å². The Balaban J connectivity index is 2.20. The van der Waals surface area contributed by atoms with Gasteiger partial charge in [0.1, 0.15) is 0 Å². The van der Waals surface area contributed by atoms with Gasteiger partial charge < -0.3 is 15.5 Å². The first-order valence-electron chi connectivity index (χ1n) is 7.37. The van der Waals surface area contributed by atoms with E-state index >= 15 is 0 Å². The molecular formula is C14H18N6O4S. The number of thioether (sulfide) groups is 1. The van der Waals surface area contributed by atoms with Crippen LogP contribution in [0.15, 0.2) is 28.0 Å². The molecular weight excluding hydrogens is 348 g/mol. The standard InChI is InChI=1S/C14H18N6O4S/c1-8(12(22)17-13(23)16-2)25-14-19-18-11(9-4-3-7-24-9)20(14)6-5-10(15)21/h3-4,7-8H,5-6H2,1-2H3,(H2,15,21)(H2,16,17,22,23)/t8-/m1/s1. The van der Waals surface area contributed by atoms with Crippen LogP contribution >= 0.6 is 11.8 Å². The minimum atomic E-state index is -0.613. The Hall–Kier alpha value is -2.82. The third-order valence-corrected chi connectivity index (χ3v) is 4.24. The average Bonchev–Trinajstić information content (AvgIpc) is 3.21. The minimum Gasteiger partial charge on any atom is -0.461 e. The molecule has 11 heteroatoms. The molecule has 0 unspecified atom stereocenters. The molecule has 0 saturated heterocycles. The Labute approximate surface area is 147 Å². The number of urea groups is 1. The van der Waals surface area contributed by atoms with E-state index in [9.17, 15) is 14.4 Å². The Morgan fingerprint density at radius 2 is 2.16 bits per heavy atom. The fourth-order valence-electron chi connectivity index (χ4n) is 1.88. The fourth-order valence-corrected chi connectivity index (χ4v) is 2.75. The molecule has 25 heavy (non-hydrogen) atoms. The molecule has 10 nitrogen and oxygen atoms in total. The van der Waals surface area contributed by atoms with E-state index in [0.717, 1.165) is 11.8 Å². The van der Waals surface area contributed by atoms with Gasteiger partial charge in [-0.2, -0.15) is 0 Å². The number of hydrogen-bond acceptors (Lipinski definition) is 7. The quantitative estimate of drug-likeness (QED) is 0.599. The lowest BCUT2D eigenvalue weighted by molar-refractivity contribution is -0.119. The van der Waals surface area contributed by atoms with Gasteiger partial charge in [-0.25, -0.2) is 4.79 Å². The Bertz CT molecular complexity index is 757. The molecule has 0 aromatic carbocycles. The number of carbonyl (C=O) groups excluding carboxylic acids is 3. The first-order valence-corrected chi connectivity index (χ1v) is 8.25. The van der Waals surface area contributed by atoms with Crippen molar-refractivity contribution >= 4 is 29.6 Å². The number of hydrogen-bond donors (Lipinski definition) is 3. The molecule has 0 saturated carbocycles. The van der Waals surface area contributed by atoms with E-state index in [1.54, 1.807) is 23.6 Å². The van der Waals surface area contributed by atoms with Gasteiger partial charge in [0.25, 0.3) is 0 Å². The first kappa shape index (κ1) is 18.5. The van der Waals surface area contributed by atoms with Gasteiger partial charge in [-0.15, -0.1) is 10.2 Å². The summed E-state index contributed by atoms with van der Waals surface area (Å²) < 4.78 is 6.97. The van der Waals surface area contributed by atoms with Crippen molar-refractivity contribution in [1.82, 2.24) is 25.4 Å². The number of nitrogens with zero attached hydrogens (tertiary/aromatic N) is 3. The summed E-state index contributed by atoms with van der Waals surface area (Å²) in [6.45, 7) is 1.87. The van der Waals surface area contributed by atoms with Crippen molar-refractivity contribution in [2.45, 2.75) is 30.3 Å². The summed E-state index contributed by atoms with van der Waals surface area (Å²) in [6, 6.07) is 2.82. The lowest BCUT2D eigenvalue weighted by Gasteiger charge is -2.12. The third-order valence-electron chi connectivity index (χ3n) is 3.16. The predicted molar refractivity (Wildman–Crippen MR) is 89.5 cm³/mol. The van der Waals surface area contributed by atoms with Crippen molar-refractivity contribution in [3.8, 4) is 11.6 Å². The van der Waals surface area contributed by atoms with Crippen LogP contribution in [0.4, 0.5) is 4.79 Å². The Kier molecular flexibility index (Phi) is 6.17. The van der Waals surface area contributed by atoms with Gasteiger partial charge in [0.05, 0.1) is 11.5 Å². The van der Waals surface area contributed by atoms with E-state index in [1.807, 2.05) is 0 Å². The number of furan rings is 1. The molecule has 2 aromatic heterocycles. The lowest BCUT2D eigenvalue weighted by Crippen LogP contribution is -2.41. The van der Waals surface area contributed by atoms with E-state index in [0.29, 0.717) is 16.7 Å². The molecule has 134 valence electrons. The highest BCUT2D eigenvalue weighted by molar-refractivity contribution is 8.00. The van der Waals surface area contributed by atoms with E-state index in [2.05, 4.69) is 20.8 Å². The van der Waals surface area contributed by atoms with Crippen LogP contribution < -0.4 is 16.4 Å². The van der Waals surface area contributed by atoms with Crippen LogP contribution in [0.5, 0.6) is 0 Å². The van der Waals surface area contributed by atoms with Gasteiger partial charge in [0.15, 0.2) is 16.7 Å². The molecule has 2 aromatic rings. The lowest BCUT2D eigenvalue weighted by atomic mass is 10.3. The molecule has 0 bridgehead atoms. The van der Waals surface area contributed by atoms with Crippen molar-refractivity contribution < 1.29 is 18.8 Å². The van der Waals surface area contributed by atoms with Gasteiger partial charge in [-0.05, 0) is 19.1 Å². The number of aromatic nitrogens is 3. The highest BCUT2D eigenvalue weighted by atomic mass is 32.2. The maximum atomic E-state index is 12.0. The predicted octanol–water partition coefficient (Wildman–Crippen LogP) is 0.350. The summed E-state index contributed by atoms with van der Waals surface area (Å²) in [5.74, 6) is -0.0484. The van der Waals surface area contributed by atoms with Crippen molar-refractivity contribution in [2.75, 3.05) is 7.05 Å². The monoisotopic (exact) mass is 366 g/mol. The van der Waals surface area contributed by atoms with Gasteiger partial charge >= 0.3 is 6.03 Å². The van der Waals surface area contributed by atoms with Crippen LogP contribution in [0.2, 0.25) is 0 Å². The minimum absolute atomic E-state index is 0.0815. The van der Waals surface area contributed by atoms with E-state index in [4.69, 9.17) is 10.2 Å². The van der Waals surface area contributed by atoms with Crippen LogP contribution in [-0.4, -0.2) is 44.9 Å². The number of nitrogens with two attached hydrogens (primary N) is 1. The number of primary amides is 1. The maximum Gasteiger partial charge on any atom is 0.321 e. The number of carbonyl (C=O) groups is 3. The van der Waals surface area contributed by atoms with Crippen LogP contribution in [0.25, 0.3) is 11.6 Å². The second-order valence-electron chi connectivity index (χ2n) is 4.98. The zero-order valence-corrected chi connectivity index (χ0v) is 14.5. The second kappa shape index (κ2) is 8.33. The van der Waals surface area contributed by atoms with Crippen molar-refractivity contribution in [3.05, 3.63) is 18.4 Å². The van der Waals surface area contributed by atoms with E-state index < -0.39 is 23.1 Å². The van der Waals surface area contributed by atoms with Crippen LogP contribution in [0, 0.1) is 0 Å². The number of imide groups is 1. The molecule has 0 spiro atoms. The molecule has 0 aliphatic heterocycles. The van der Waals surface area contributed by atoms with Crippen LogP contribution in [0.3, 0.4) is 0 Å². The van der Waals surface area contributed by atoms with Gasteiger partial charge in [0, 0.05) is 20.0 Å². The SMILES string of the molecule is CNC(=O)NC(=O)[C@@H](C)Sc1nnc(-c2ccco2)n1CCC(N)=O. The van der Waals surface area contributed by atoms with Crippen molar-refractivity contribution in [3.63, 3.8) is 0 Å². The van der Waals surface area contributed by atoms with Crippen LogP contribution in [0.1, 0.15) is 13.3 Å². The summed E-state index contributed by atoms with van der Waals surface area (Å²) in [5, 5.41) is 12.4. The van der Waals surface area contributed by atoms with E-state index in [1.165, 1.54) is 13.3 Å². The average molecular weight is 366 g/mol. The summed E-state index contributed by atoms with van der Waals surface area (Å²) in [4.78, 5) is 34.3. The Morgan fingerprint density at radius 1 is 1.40 bits per heavy atom. The van der Waals surface area contributed by atoms with Gasteiger partial charge in [-0.1, -0.05) is 11.8 Å². The van der Waals surface area contributed by atoms with E-state index in [-0.39, 0.29) is 13.0 Å². The zero-order chi connectivity index (χ0) is 18.4. The number of nitrogens with one attached hydrogen (secondary N) is 2. The normalized spacial score (nSPS) is 11.8. The van der Waals surface area contributed by atoms with Gasteiger partial charge in [0.2, 0.25) is 11.8 Å². The summed E-state index contributed by atoms with van der Waals surface area (Å²) in [7, 11) is 1.41. The molecule has 0 aliphatic rings. The topological polar surface area (TPSA) is 145 Å². The van der Waals surface area contributed by atoms with Gasteiger partial charge in [-0.3, -0.25) is 19.5 Å². The largest absolute Gasteiger partial charge is 0.461 e. The molecule has 4 amide bonds. The molecule has 4 N–H and O–H groups in total. The number of amides is 4. The third kappa shape index (κ3) is 4.83. The maximum absolute atomic E-state index is 12.0. The highest BCUT2D eigenvalue weighted by Gasteiger charge is 2.22. The molecule has 0 radical (unpaired) electrons. The zero-order valence-electron chi connectivity index (χ0n) is 13.7. The molecule has 1 atom stereocenters.